The minimum Gasteiger partial charge on any atom is -0.293 e. The van der Waals surface area contributed by atoms with Gasteiger partial charge in [-0.2, -0.15) is 5.10 Å². The summed E-state index contributed by atoms with van der Waals surface area (Å²) in [7, 11) is 0. The van der Waals surface area contributed by atoms with Crippen LogP contribution in [0.3, 0.4) is 0 Å². The van der Waals surface area contributed by atoms with Crippen LogP contribution in [0.25, 0.3) is 0 Å². The SMILES string of the molecule is CCn1cc(I)c(C(C)=O)n1. The number of nitrogens with zero attached hydrogens (tertiary/aromatic N) is 2. The molecule has 0 atom stereocenters. The first kappa shape index (κ1) is 8.70. The van der Waals surface area contributed by atoms with Crippen molar-refractivity contribution in [2.75, 3.05) is 0 Å². The fourth-order valence-corrected chi connectivity index (χ4v) is 1.61. The van der Waals surface area contributed by atoms with Crippen LogP contribution in [-0.2, 0) is 6.54 Å². The van der Waals surface area contributed by atoms with Gasteiger partial charge in [0.25, 0.3) is 0 Å². The smallest absolute Gasteiger partial charge is 0.181 e. The second-order valence-corrected chi connectivity index (χ2v) is 3.40. The molecule has 0 aliphatic heterocycles. The van der Waals surface area contributed by atoms with Gasteiger partial charge in [-0.15, -0.1) is 0 Å². The average Bonchev–Trinajstić information content (AvgIpc) is 2.30. The summed E-state index contributed by atoms with van der Waals surface area (Å²) in [6.45, 7) is 4.33. The van der Waals surface area contributed by atoms with E-state index < -0.39 is 0 Å². The highest BCUT2D eigenvalue weighted by Gasteiger charge is 2.08. The van der Waals surface area contributed by atoms with Crippen molar-refractivity contribution in [3.05, 3.63) is 15.5 Å². The molecule has 3 nitrogen and oxygen atoms in total. The molecule has 1 rings (SSSR count). The Balaban J connectivity index is 3.07. The number of aryl methyl sites for hydroxylation is 1. The third kappa shape index (κ3) is 1.79. The third-order valence-corrected chi connectivity index (χ3v) is 2.16. The van der Waals surface area contributed by atoms with E-state index in [2.05, 4.69) is 27.7 Å². The van der Waals surface area contributed by atoms with Crippen molar-refractivity contribution in [1.82, 2.24) is 9.78 Å². The molecule has 0 saturated heterocycles. The Morgan fingerprint density at radius 3 is 2.73 bits per heavy atom. The van der Waals surface area contributed by atoms with E-state index in [0.29, 0.717) is 5.69 Å². The van der Waals surface area contributed by atoms with Gasteiger partial charge in [-0.05, 0) is 29.5 Å². The van der Waals surface area contributed by atoms with Gasteiger partial charge in [0.15, 0.2) is 5.78 Å². The first-order chi connectivity index (χ1) is 5.15. The molecule has 0 aromatic carbocycles. The Bertz CT molecular complexity index is 280. The Labute approximate surface area is 78.9 Å². The van der Waals surface area contributed by atoms with Crippen LogP contribution in [0.1, 0.15) is 24.3 Å². The summed E-state index contributed by atoms with van der Waals surface area (Å²) in [5, 5.41) is 4.09. The lowest BCUT2D eigenvalue weighted by Crippen LogP contribution is -1.99. The topological polar surface area (TPSA) is 34.9 Å². The lowest BCUT2D eigenvalue weighted by molar-refractivity contribution is 0.101. The predicted molar refractivity (Wildman–Crippen MR) is 50.6 cm³/mol. The molecule has 0 amide bonds. The molecule has 0 unspecified atom stereocenters. The summed E-state index contributed by atoms with van der Waals surface area (Å²) < 4.78 is 2.69. The molecule has 1 aromatic rings. The van der Waals surface area contributed by atoms with Crippen LogP contribution in [0.5, 0.6) is 0 Å². The maximum Gasteiger partial charge on any atom is 0.181 e. The van der Waals surface area contributed by atoms with E-state index in [4.69, 9.17) is 0 Å². The fraction of sp³-hybridized carbons (Fsp3) is 0.429. The molecule has 0 N–H and O–H groups in total. The first-order valence-electron chi connectivity index (χ1n) is 3.39. The Kier molecular flexibility index (Phi) is 2.64. The number of halogens is 1. The lowest BCUT2D eigenvalue weighted by Gasteiger charge is -1.90. The number of ketones is 1. The van der Waals surface area contributed by atoms with Gasteiger partial charge in [-0.1, -0.05) is 0 Å². The molecule has 1 heterocycles. The highest BCUT2D eigenvalue weighted by molar-refractivity contribution is 14.1. The molecule has 0 aliphatic rings. The summed E-state index contributed by atoms with van der Waals surface area (Å²) in [4.78, 5) is 10.9. The van der Waals surface area contributed by atoms with Crippen molar-refractivity contribution in [2.24, 2.45) is 0 Å². The summed E-state index contributed by atoms with van der Waals surface area (Å²) in [6.07, 6.45) is 1.87. The number of carbonyl (C=O) groups excluding carboxylic acids is 1. The number of hydrogen-bond donors (Lipinski definition) is 0. The molecule has 0 radical (unpaired) electrons. The number of aromatic nitrogens is 2. The number of carbonyl (C=O) groups is 1. The maximum atomic E-state index is 10.9. The van der Waals surface area contributed by atoms with E-state index in [1.54, 1.807) is 4.68 Å². The summed E-state index contributed by atoms with van der Waals surface area (Å²) in [5.74, 6) is 0.0293. The standard InChI is InChI=1S/C7H9IN2O/c1-3-10-4-6(8)7(9-10)5(2)11/h4H,3H2,1-2H3. The van der Waals surface area contributed by atoms with Gasteiger partial charge in [0.1, 0.15) is 5.69 Å². The van der Waals surface area contributed by atoms with Crippen molar-refractivity contribution >= 4 is 28.4 Å². The van der Waals surface area contributed by atoms with Gasteiger partial charge in [0.05, 0.1) is 3.57 Å². The Morgan fingerprint density at radius 2 is 2.45 bits per heavy atom. The van der Waals surface area contributed by atoms with E-state index in [9.17, 15) is 4.79 Å². The highest BCUT2D eigenvalue weighted by atomic mass is 127. The minimum atomic E-state index is 0.0293. The van der Waals surface area contributed by atoms with E-state index in [0.717, 1.165) is 10.1 Å². The van der Waals surface area contributed by atoms with Gasteiger partial charge in [-0.25, -0.2) is 0 Å². The monoisotopic (exact) mass is 264 g/mol. The maximum absolute atomic E-state index is 10.9. The molecular formula is C7H9IN2O. The van der Waals surface area contributed by atoms with Gasteiger partial charge < -0.3 is 0 Å². The normalized spacial score (nSPS) is 10.1. The van der Waals surface area contributed by atoms with E-state index in [1.807, 2.05) is 13.1 Å². The summed E-state index contributed by atoms with van der Waals surface area (Å²) >= 11 is 2.12. The third-order valence-electron chi connectivity index (χ3n) is 1.37. The molecule has 0 fully saturated rings. The second kappa shape index (κ2) is 3.34. The van der Waals surface area contributed by atoms with Crippen LogP contribution in [0.15, 0.2) is 6.20 Å². The number of Topliss-reactive ketones (excluding diaryl/α,β-unsaturated/α-hetero) is 1. The molecule has 1 aromatic heterocycles. The zero-order chi connectivity index (χ0) is 8.43. The highest BCUT2D eigenvalue weighted by Crippen LogP contribution is 2.10. The Morgan fingerprint density at radius 1 is 1.82 bits per heavy atom. The van der Waals surface area contributed by atoms with Gasteiger partial charge >= 0.3 is 0 Å². The molecule has 0 bridgehead atoms. The van der Waals surface area contributed by atoms with Crippen molar-refractivity contribution in [3.63, 3.8) is 0 Å². The predicted octanol–water partition coefficient (Wildman–Crippen LogP) is 1.71. The van der Waals surface area contributed by atoms with Gasteiger partial charge in [0, 0.05) is 19.7 Å². The van der Waals surface area contributed by atoms with E-state index >= 15 is 0 Å². The lowest BCUT2D eigenvalue weighted by atomic mass is 10.3. The summed E-state index contributed by atoms with van der Waals surface area (Å²) in [6, 6.07) is 0. The molecule has 11 heavy (non-hydrogen) atoms. The zero-order valence-corrected chi connectivity index (χ0v) is 8.62. The van der Waals surface area contributed by atoms with Crippen LogP contribution in [0.2, 0.25) is 0 Å². The van der Waals surface area contributed by atoms with Crippen LogP contribution in [0, 0.1) is 3.57 Å². The minimum absolute atomic E-state index is 0.0293. The van der Waals surface area contributed by atoms with Gasteiger partial charge in [-0.3, -0.25) is 9.48 Å². The van der Waals surface area contributed by atoms with E-state index in [-0.39, 0.29) is 5.78 Å². The fourth-order valence-electron chi connectivity index (χ4n) is 0.798. The van der Waals surface area contributed by atoms with Crippen LogP contribution in [0.4, 0.5) is 0 Å². The number of rotatable bonds is 2. The van der Waals surface area contributed by atoms with Gasteiger partial charge in [0.2, 0.25) is 0 Å². The first-order valence-corrected chi connectivity index (χ1v) is 4.47. The van der Waals surface area contributed by atoms with Crippen molar-refractivity contribution < 1.29 is 4.79 Å². The Hall–Kier alpha value is -0.390. The molecule has 0 aliphatic carbocycles. The molecule has 4 heteroatoms. The average molecular weight is 264 g/mol. The zero-order valence-electron chi connectivity index (χ0n) is 6.47. The molecule has 0 saturated carbocycles. The van der Waals surface area contributed by atoms with E-state index in [1.165, 1.54) is 6.92 Å². The van der Waals surface area contributed by atoms with Crippen molar-refractivity contribution in [3.8, 4) is 0 Å². The molecular weight excluding hydrogens is 255 g/mol. The van der Waals surface area contributed by atoms with Crippen LogP contribution < -0.4 is 0 Å². The quantitative estimate of drug-likeness (QED) is 0.602. The second-order valence-electron chi connectivity index (χ2n) is 2.24. The number of hydrogen-bond acceptors (Lipinski definition) is 2. The molecule has 0 spiro atoms. The summed E-state index contributed by atoms with van der Waals surface area (Å²) in [5.41, 5.74) is 0.576. The molecule has 60 valence electrons. The largest absolute Gasteiger partial charge is 0.293 e. The van der Waals surface area contributed by atoms with Crippen LogP contribution in [-0.4, -0.2) is 15.6 Å². The van der Waals surface area contributed by atoms with Crippen LogP contribution >= 0.6 is 22.6 Å². The van der Waals surface area contributed by atoms with Crippen molar-refractivity contribution in [2.45, 2.75) is 20.4 Å². The van der Waals surface area contributed by atoms with Crippen molar-refractivity contribution in [1.29, 1.82) is 0 Å².